The number of unbranched alkanes of at least 4 members (excludes halogenated alkanes) is 3. The number of anilines is 1. The molecule has 5 heteroatoms. The highest BCUT2D eigenvalue weighted by Gasteiger charge is 2.18. The first-order valence-electron chi connectivity index (χ1n) is 11.1. The Labute approximate surface area is 180 Å². The first-order valence-corrected chi connectivity index (χ1v) is 11.1. The van der Waals surface area contributed by atoms with Crippen LogP contribution in [0.15, 0.2) is 54.6 Å². The van der Waals surface area contributed by atoms with Crippen LogP contribution in [-0.2, 0) is 6.42 Å². The lowest BCUT2D eigenvalue weighted by Crippen LogP contribution is -2.25. The Bertz CT molecular complexity index is 779. The van der Waals surface area contributed by atoms with Gasteiger partial charge in [-0.2, -0.15) is 0 Å². The van der Waals surface area contributed by atoms with Crippen molar-refractivity contribution in [2.24, 2.45) is 0 Å². The Morgan fingerprint density at radius 2 is 1.63 bits per heavy atom. The first kappa shape index (κ1) is 22.5. The molecular weight excluding hydrogens is 374 g/mol. The molecule has 5 nitrogen and oxygen atoms in total. The lowest BCUT2D eigenvalue weighted by Gasteiger charge is -2.25. The third-order valence-corrected chi connectivity index (χ3v) is 5.54. The van der Waals surface area contributed by atoms with Crippen molar-refractivity contribution in [2.45, 2.75) is 38.2 Å². The fourth-order valence-electron chi connectivity index (χ4n) is 3.84. The monoisotopic (exact) mass is 409 g/mol. The number of aliphatic hydroxyl groups is 1. The molecule has 2 aromatic rings. The van der Waals surface area contributed by atoms with Gasteiger partial charge in [-0.15, -0.1) is 0 Å². The molecule has 30 heavy (non-hydrogen) atoms. The van der Waals surface area contributed by atoms with E-state index >= 15 is 0 Å². The smallest absolute Gasteiger partial charge is 0.0920 e. The predicted molar refractivity (Wildman–Crippen MR) is 124 cm³/mol. The predicted octanol–water partition coefficient (Wildman–Crippen LogP) is 3.92. The Morgan fingerprint density at radius 3 is 2.43 bits per heavy atom. The number of hydroxylamine groups is 1. The van der Waals surface area contributed by atoms with Crippen molar-refractivity contribution >= 4 is 11.8 Å². The molecule has 0 amide bonds. The maximum atomic E-state index is 10.6. The number of aliphatic hydroxyl groups excluding tert-OH is 1. The lowest BCUT2D eigenvalue weighted by molar-refractivity contribution is 0.174. The standard InChI is InChI=1S/C25H35N3O2/c29-25(23-12-8-14-24-22(23)13-9-19-28(24)30)20-27-17-7-2-1-6-16-26-18-15-21-10-4-3-5-11-21/h3-5,8-14,25-27,29-30H,1-2,6-7,15-20H2. The van der Waals surface area contributed by atoms with E-state index in [0.717, 1.165) is 49.3 Å². The molecule has 4 N–H and O–H groups in total. The fourth-order valence-corrected chi connectivity index (χ4v) is 3.84. The third-order valence-electron chi connectivity index (χ3n) is 5.54. The quantitative estimate of drug-likeness (QED) is 0.378. The molecular formula is C25H35N3O2. The maximum Gasteiger partial charge on any atom is 0.0920 e. The number of nitrogens with zero attached hydrogens (tertiary/aromatic N) is 1. The van der Waals surface area contributed by atoms with E-state index in [1.165, 1.54) is 29.9 Å². The third kappa shape index (κ3) is 6.96. The summed E-state index contributed by atoms with van der Waals surface area (Å²) in [5, 5.41) is 28.6. The Kier molecular flexibility index (Phi) is 9.38. The summed E-state index contributed by atoms with van der Waals surface area (Å²) in [6.07, 6.45) is 9.15. The molecule has 1 aliphatic rings. The summed E-state index contributed by atoms with van der Waals surface area (Å²) in [6, 6.07) is 16.3. The molecule has 1 heterocycles. The second-order valence-corrected chi connectivity index (χ2v) is 7.88. The highest BCUT2D eigenvalue weighted by atomic mass is 16.5. The van der Waals surface area contributed by atoms with Gasteiger partial charge in [0.05, 0.1) is 18.3 Å². The molecule has 0 aliphatic carbocycles. The largest absolute Gasteiger partial charge is 0.387 e. The number of hydrogen-bond acceptors (Lipinski definition) is 5. The van der Waals surface area contributed by atoms with Crippen LogP contribution < -0.4 is 15.7 Å². The van der Waals surface area contributed by atoms with Gasteiger partial charge in [0.25, 0.3) is 0 Å². The zero-order chi connectivity index (χ0) is 21.0. The Balaban J connectivity index is 1.22. The fraction of sp³-hybridized carbons (Fsp3) is 0.440. The zero-order valence-electron chi connectivity index (χ0n) is 17.8. The topological polar surface area (TPSA) is 67.8 Å². The van der Waals surface area contributed by atoms with Crippen molar-refractivity contribution in [3.8, 4) is 0 Å². The molecule has 0 saturated carbocycles. The molecule has 0 radical (unpaired) electrons. The average Bonchev–Trinajstić information content (AvgIpc) is 2.78. The molecule has 0 aromatic heterocycles. The minimum Gasteiger partial charge on any atom is -0.387 e. The minimum absolute atomic E-state index is 0.480. The van der Waals surface area contributed by atoms with Crippen molar-refractivity contribution in [3.63, 3.8) is 0 Å². The van der Waals surface area contributed by atoms with Gasteiger partial charge >= 0.3 is 0 Å². The lowest BCUT2D eigenvalue weighted by atomic mass is 9.98. The van der Waals surface area contributed by atoms with Gasteiger partial charge in [0.1, 0.15) is 0 Å². The van der Waals surface area contributed by atoms with E-state index in [1.807, 2.05) is 30.4 Å². The molecule has 0 bridgehead atoms. The van der Waals surface area contributed by atoms with E-state index in [9.17, 15) is 10.3 Å². The van der Waals surface area contributed by atoms with Gasteiger partial charge in [0.2, 0.25) is 0 Å². The number of nitrogens with one attached hydrogen (secondary N) is 2. The molecule has 0 spiro atoms. The number of hydrogen-bond donors (Lipinski definition) is 4. The second-order valence-electron chi connectivity index (χ2n) is 7.88. The first-order chi connectivity index (χ1) is 14.8. The molecule has 0 saturated heterocycles. The normalized spacial score (nSPS) is 14.0. The Hall–Kier alpha value is -2.18. The summed E-state index contributed by atoms with van der Waals surface area (Å²) < 4.78 is 0. The summed E-state index contributed by atoms with van der Waals surface area (Å²) in [4.78, 5) is 0. The highest BCUT2D eigenvalue weighted by molar-refractivity contribution is 5.73. The van der Waals surface area contributed by atoms with Crippen LogP contribution in [0.5, 0.6) is 0 Å². The molecule has 1 aliphatic heterocycles. The summed E-state index contributed by atoms with van der Waals surface area (Å²) >= 11 is 0. The van der Waals surface area contributed by atoms with E-state index in [4.69, 9.17) is 0 Å². The SMILES string of the molecule is OC(CNCCCCCCNCCc1ccccc1)c1cccc2c1C=CCN2O. The van der Waals surface area contributed by atoms with Crippen molar-refractivity contribution in [1.29, 1.82) is 0 Å². The van der Waals surface area contributed by atoms with Crippen molar-refractivity contribution < 1.29 is 10.3 Å². The van der Waals surface area contributed by atoms with E-state index in [2.05, 4.69) is 41.0 Å². The van der Waals surface area contributed by atoms with Gasteiger partial charge in [-0.1, -0.05) is 67.5 Å². The van der Waals surface area contributed by atoms with Crippen LogP contribution in [0.2, 0.25) is 0 Å². The molecule has 162 valence electrons. The summed E-state index contributed by atoms with van der Waals surface area (Å²) in [7, 11) is 0. The van der Waals surface area contributed by atoms with E-state index < -0.39 is 6.10 Å². The molecule has 1 atom stereocenters. The van der Waals surface area contributed by atoms with Gasteiger partial charge in [0.15, 0.2) is 0 Å². The van der Waals surface area contributed by atoms with Crippen LogP contribution in [-0.4, -0.2) is 43.0 Å². The minimum atomic E-state index is -0.579. The molecule has 0 fully saturated rings. The van der Waals surface area contributed by atoms with E-state index in [-0.39, 0.29) is 0 Å². The average molecular weight is 410 g/mol. The number of benzene rings is 2. The van der Waals surface area contributed by atoms with Crippen LogP contribution in [0.4, 0.5) is 5.69 Å². The highest BCUT2D eigenvalue weighted by Crippen LogP contribution is 2.30. The molecule has 1 unspecified atom stereocenters. The van der Waals surface area contributed by atoms with Crippen LogP contribution in [0, 0.1) is 0 Å². The second kappa shape index (κ2) is 12.5. The molecule has 3 rings (SSSR count). The van der Waals surface area contributed by atoms with E-state index in [0.29, 0.717) is 13.1 Å². The van der Waals surface area contributed by atoms with Crippen molar-refractivity contribution in [1.82, 2.24) is 10.6 Å². The van der Waals surface area contributed by atoms with Gasteiger partial charge in [-0.05, 0) is 56.1 Å². The molecule has 2 aromatic carbocycles. The van der Waals surface area contributed by atoms with Crippen LogP contribution >= 0.6 is 0 Å². The van der Waals surface area contributed by atoms with Gasteiger partial charge in [0, 0.05) is 12.1 Å². The van der Waals surface area contributed by atoms with Crippen molar-refractivity contribution in [3.05, 3.63) is 71.3 Å². The van der Waals surface area contributed by atoms with Gasteiger partial charge < -0.3 is 15.7 Å². The summed E-state index contributed by atoms with van der Waals surface area (Å²) in [5.74, 6) is 0. The van der Waals surface area contributed by atoms with Gasteiger partial charge in [-0.25, -0.2) is 0 Å². The van der Waals surface area contributed by atoms with Crippen LogP contribution in [0.25, 0.3) is 6.08 Å². The van der Waals surface area contributed by atoms with Gasteiger partial charge in [-0.3, -0.25) is 10.3 Å². The van der Waals surface area contributed by atoms with Crippen LogP contribution in [0.1, 0.15) is 48.5 Å². The zero-order valence-corrected chi connectivity index (χ0v) is 17.8. The van der Waals surface area contributed by atoms with Crippen LogP contribution in [0.3, 0.4) is 0 Å². The summed E-state index contributed by atoms with van der Waals surface area (Å²) in [5.41, 5.74) is 3.90. The number of rotatable bonds is 13. The van der Waals surface area contributed by atoms with E-state index in [1.54, 1.807) is 0 Å². The summed E-state index contributed by atoms with van der Waals surface area (Å²) in [6.45, 7) is 4.03. The number of fused-ring (bicyclic) bond motifs is 1. The maximum absolute atomic E-state index is 10.6. The Morgan fingerprint density at radius 1 is 0.867 bits per heavy atom. The van der Waals surface area contributed by atoms with Crippen molar-refractivity contribution in [2.75, 3.05) is 37.8 Å².